The molecule has 0 aliphatic heterocycles. The Bertz CT molecular complexity index is 576. The topological polar surface area (TPSA) is 64.9 Å². The summed E-state index contributed by atoms with van der Waals surface area (Å²) < 4.78 is 5.49. The molecule has 0 saturated heterocycles. The average molecular weight is 271 g/mol. The van der Waals surface area contributed by atoms with Crippen molar-refractivity contribution in [1.82, 2.24) is 10.1 Å². The maximum Gasteiger partial charge on any atom is 0.229 e. The molecule has 3 rings (SSSR count). The van der Waals surface area contributed by atoms with Gasteiger partial charge in [-0.15, -0.1) is 0 Å². The van der Waals surface area contributed by atoms with Crippen molar-refractivity contribution >= 4 is 0 Å². The van der Waals surface area contributed by atoms with Crippen molar-refractivity contribution in [1.29, 1.82) is 0 Å². The zero-order chi connectivity index (χ0) is 14.2. The minimum atomic E-state index is -0.246. The molecule has 1 aromatic carbocycles. The summed E-state index contributed by atoms with van der Waals surface area (Å²) in [5.41, 5.74) is 6.90. The van der Waals surface area contributed by atoms with Crippen LogP contribution >= 0.6 is 0 Å². The highest BCUT2D eigenvalue weighted by molar-refractivity contribution is 5.30. The summed E-state index contributed by atoms with van der Waals surface area (Å²) in [7, 11) is 0. The highest BCUT2D eigenvalue weighted by Gasteiger charge is 2.32. The van der Waals surface area contributed by atoms with E-state index in [1.165, 1.54) is 5.56 Å². The number of nitrogens with two attached hydrogens (primary N) is 1. The van der Waals surface area contributed by atoms with E-state index in [1.807, 2.05) is 18.2 Å². The van der Waals surface area contributed by atoms with Gasteiger partial charge in [-0.1, -0.05) is 35.5 Å². The molecule has 1 aliphatic carbocycles. The summed E-state index contributed by atoms with van der Waals surface area (Å²) in [5, 5.41) is 4.21. The van der Waals surface area contributed by atoms with E-state index in [-0.39, 0.29) is 11.5 Å². The van der Waals surface area contributed by atoms with Gasteiger partial charge in [0.15, 0.2) is 5.82 Å². The monoisotopic (exact) mass is 271 g/mol. The van der Waals surface area contributed by atoms with Crippen molar-refractivity contribution in [2.75, 3.05) is 0 Å². The molecule has 0 radical (unpaired) electrons. The van der Waals surface area contributed by atoms with Gasteiger partial charge in [-0.2, -0.15) is 4.98 Å². The first-order chi connectivity index (χ1) is 9.57. The van der Waals surface area contributed by atoms with Crippen molar-refractivity contribution in [2.45, 2.75) is 50.5 Å². The molecule has 0 bridgehead atoms. The third-order valence-corrected chi connectivity index (χ3v) is 4.32. The van der Waals surface area contributed by atoms with Crippen LogP contribution in [0.4, 0.5) is 0 Å². The van der Waals surface area contributed by atoms with Gasteiger partial charge in [0.1, 0.15) is 0 Å². The number of nitrogens with zero attached hydrogens (tertiary/aromatic N) is 2. The zero-order valence-corrected chi connectivity index (χ0v) is 12.0. The molecule has 0 spiro atoms. The van der Waals surface area contributed by atoms with Crippen LogP contribution in [0, 0.1) is 0 Å². The zero-order valence-electron chi connectivity index (χ0n) is 12.0. The quantitative estimate of drug-likeness (QED) is 0.932. The molecular weight excluding hydrogens is 250 g/mol. The first kappa shape index (κ1) is 13.3. The van der Waals surface area contributed by atoms with Crippen molar-refractivity contribution in [2.24, 2.45) is 5.73 Å². The molecule has 20 heavy (non-hydrogen) atoms. The van der Waals surface area contributed by atoms with E-state index >= 15 is 0 Å². The molecule has 2 aromatic rings. The average Bonchev–Trinajstić information content (AvgIpc) is 3.08. The van der Waals surface area contributed by atoms with Crippen molar-refractivity contribution in [3.05, 3.63) is 47.6 Å². The van der Waals surface area contributed by atoms with Crippen LogP contribution < -0.4 is 5.73 Å². The Morgan fingerprint density at radius 1 is 1.20 bits per heavy atom. The number of benzene rings is 1. The number of rotatable bonds is 3. The van der Waals surface area contributed by atoms with Gasteiger partial charge in [-0.05, 0) is 38.7 Å². The van der Waals surface area contributed by atoms with Crippen molar-refractivity contribution < 1.29 is 4.52 Å². The summed E-state index contributed by atoms with van der Waals surface area (Å²) in [5.74, 6) is 1.83. The Balaban J connectivity index is 1.86. The van der Waals surface area contributed by atoms with E-state index in [1.54, 1.807) is 0 Å². The second kappa shape index (κ2) is 5.02. The molecule has 1 saturated carbocycles. The maximum absolute atomic E-state index is 5.96. The van der Waals surface area contributed by atoms with Crippen LogP contribution in [-0.4, -0.2) is 16.2 Å². The molecule has 1 fully saturated rings. The van der Waals surface area contributed by atoms with Crippen LogP contribution in [-0.2, 0) is 5.41 Å². The van der Waals surface area contributed by atoms with Gasteiger partial charge in [0, 0.05) is 12.0 Å². The van der Waals surface area contributed by atoms with Crippen LogP contribution in [0.15, 0.2) is 34.9 Å². The fourth-order valence-corrected chi connectivity index (χ4v) is 2.88. The highest BCUT2D eigenvalue weighted by atomic mass is 16.5. The van der Waals surface area contributed by atoms with E-state index in [4.69, 9.17) is 10.3 Å². The lowest BCUT2D eigenvalue weighted by Crippen LogP contribution is -2.20. The smallest absolute Gasteiger partial charge is 0.229 e. The second-order valence-electron chi connectivity index (χ2n) is 6.22. The number of aromatic nitrogens is 2. The minimum absolute atomic E-state index is 0.246. The van der Waals surface area contributed by atoms with Crippen molar-refractivity contribution in [3.63, 3.8) is 0 Å². The third-order valence-electron chi connectivity index (χ3n) is 4.32. The van der Waals surface area contributed by atoms with Gasteiger partial charge in [-0.3, -0.25) is 0 Å². The molecule has 4 heteroatoms. The normalized spacial score (nSPS) is 23.1. The summed E-state index contributed by atoms with van der Waals surface area (Å²) in [6.45, 7) is 4.24. The van der Waals surface area contributed by atoms with E-state index in [0.29, 0.717) is 5.92 Å². The van der Waals surface area contributed by atoms with Crippen LogP contribution in [0.5, 0.6) is 0 Å². The molecule has 2 atom stereocenters. The van der Waals surface area contributed by atoms with Gasteiger partial charge in [0.2, 0.25) is 5.89 Å². The predicted molar refractivity (Wildman–Crippen MR) is 77.4 cm³/mol. The molecule has 2 unspecified atom stereocenters. The number of hydrogen-bond acceptors (Lipinski definition) is 4. The van der Waals surface area contributed by atoms with Crippen molar-refractivity contribution in [3.8, 4) is 0 Å². The fraction of sp³-hybridized carbons (Fsp3) is 0.500. The van der Waals surface area contributed by atoms with Gasteiger partial charge in [0.25, 0.3) is 0 Å². The first-order valence-corrected chi connectivity index (χ1v) is 7.22. The Morgan fingerprint density at radius 3 is 2.60 bits per heavy atom. The van der Waals surface area contributed by atoms with Crippen LogP contribution in [0.2, 0.25) is 0 Å². The first-order valence-electron chi connectivity index (χ1n) is 7.22. The molecule has 2 N–H and O–H groups in total. The van der Waals surface area contributed by atoms with Gasteiger partial charge in [0.05, 0.1) is 5.41 Å². The molecule has 1 aromatic heterocycles. The largest absolute Gasteiger partial charge is 0.339 e. The standard InChI is InChI=1S/C16H21N3O/c1-16(2,12-6-4-3-5-7-12)15-18-14(20-19-15)11-8-9-13(17)10-11/h3-7,11,13H,8-10,17H2,1-2H3. The molecular formula is C16H21N3O. The maximum atomic E-state index is 5.96. The van der Waals surface area contributed by atoms with E-state index in [0.717, 1.165) is 31.0 Å². The lowest BCUT2D eigenvalue weighted by molar-refractivity contribution is 0.344. The lowest BCUT2D eigenvalue weighted by Gasteiger charge is -2.20. The van der Waals surface area contributed by atoms with E-state index in [2.05, 4.69) is 36.1 Å². The lowest BCUT2D eigenvalue weighted by atomic mass is 9.84. The summed E-state index contributed by atoms with van der Waals surface area (Å²) in [6, 6.07) is 10.6. The molecule has 106 valence electrons. The van der Waals surface area contributed by atoms with Gasteiger partial charge < -0.3 is 10.3 Å². The molecule has 1 heterocycles. The SMILES string of the molecule is CC(C)(c1ccccc1)c1noc(C2CCC(N)C2)n1. The fourth-order valence-electron chi connectivity index (χ4n) is 2.88. The molecule has 1 aliphatic rings. The van der Waals surface area contributed by atoms with Crippen LogP contribution in [0.3, 0.4) is 0 Å². The highest BCUT2D eigenvalue weighted by Crippen LogP contribution is 2.35. The van der Waals surface area contributed by atoms with E-state index in [9.17, 15) is 0 Å². The van der Waals surface area contributed by atoms with Crippen LogP contribution in [0.1, 0.15) is 56.3 Å². The minimum Gasteiger partial charge on any atom is -0.339 e. The van der Waals surface area contributed by atoms with E-state index < -0.39 is 0 Å². The van der Waals surface area contributed by atoms with Crippen LogP contribution in [0.25, 0.3) is 0 Å². The summed E-state index contributed by atoms with van der Waals surface area (Å²) in [6.07, 6.45) is 3.05. The Kier molecular flexibility index (Phi) is 3.34. The number of hydrogen-bond donors (Lipinski definition) is 1. The second-order valence-corrected chi connectivity index (χ2v) is 6.22. The van der Waals surface area contributed by atoms with Gasteiger partial charge >= 0.3 is 0 Å². The Labute approximate surface area is 119 Å². The van der Waals surface area contributed by atoms with Gasteiger partial charge in [-0.25, -0.2) is 0 Å². The Hall–Kier alpha value is -1.68. The summed E-state index contributed by atoms with van der Waals surface area (Å²) in [4.78, 5) is 4.64. The summed E-state index contributed by atoms with van der Waals surface area (Å²) >= 11 is 0. The third kappa shape index (κ3) is 2.36. The molecule has 4 nitrogen and oxygen atoms in total. The Morgan fingerprint density at radius 2 is 1.95 bits per heavy atom. The molecule has 0 amide bonds. The predicted octanol–water partition coefficient (Wildman–Crippen LogP) is 2.99.